The van der Waals surface area contributed by atoms with Gasteiger partial charge in [0.1, 0.15) is 21.8 Å². The first kappa shape index (κ1) is 30.7. The van der Waals surface area contributed by atoms with E-state index in [0.717, 1.165) is 16.9 Å². The summed E-state index contributed by atoms with van der Waals surface area (Å²) in [4.78, 5) is 40.2. The molecule has 0 unspecified atom stereocenters. The third kappa shape index (κ3) is 7.17. The molecule has 4 rings (SSSR count). The van der Waals surface area contributed by atoms with Crippen molar-refractivity contribution in [2.45, 2.75) is 31.7 Å². The largest absolute Gasteiger partial charge is 0.360 e. The Labute approximate surface area is 252 Å². The second-order valence-electron chi connectivity index (χ2n) is 9.90. The summed E-state index contributed by atoms with van der Waals surface area (Å²) in [5, 5.41) is 36.5. The molecule has 0 bridgehead atoms. The molecule has 3 N–H and O–H groups in total. The number of likely N-dealkylation sites (tertiary alicyclic amines) is 1. The topological polar surface area (TPSA) is 167 Å². The molecule has 43 heavy (non-hydrogen) atoms. The number of carbonyl (C=O) groups excluding carboxylic acids is 2. The Bertz CT molecular complexity index is 1800. The minimum Gasteiger partial charge on any atom is -0.360 e. The van der Waals surface area contributed by atoms with E-state index in [-0.39, 0.29) is 45.9 Å². The van der Waals surface area contributed by atoms with E-state index in [1.165, 1.54) is 10.8 Å². The van der Waals surface area contributed by atoms with Crippen LogP contribution in [0, 0.1) is 34.0 Å². The van der Waals surface area contributed by atoms with Crippen molar-refractivity contribution in [2.75, 3.05) is 36.8 Å². The molecule has 0 atom stereocenters. The molecule has 3 aromatic rings. The molecule has 2 aromatic carbocycles. The van der Waals surface area contributed by atoms with Gasteiger partial charge < -0.3 is 16.0 Å². The highest BCUT2D eigenvalue weighted by Gasteiger charge is 2.36. The van der Waals surface area contributed by atoms with Crippen LogP contribution in [0.5, 0.6) is 0 Å². The van der Waals surface area contributed by atoms with Crippen LogP contribution in [0.4, 0.5) is 11.4 Å². The highest BCUT2D eigenvalue weighted by molar-refractivity contribution is 7.07. The third-order valence-electron chi connectivity index (χ3n) is 7.24. The zero-order chi connectivity index (χ0) is 30.8. The van der Waals surface area contributed by atoms with Gasteiger partial charge in [0.2, 0.25) is 5.91 Å². The molecule has 218 valence electrons. The van der Waals surface area contributed by atoms with Gasteiger partial charge in [0.25, 0.3) is 11.5 Å². The molecule has 12 heteroatoms. The smallest absolute Gasteiger partial charge is 0.270 e. The molecule has 0 radical (unpaired) electrons. The van der Waals surface area contributed by atoms with Gasteiger partial charge in [-0.3, -0.25) is 23.9 Å². The van der Waals surface area contributed by atoms with Gasteiger partial charge in [-0.25, -0.2) is 0 Å². The van der Waals surface area contributed by atoms with Gasteiger partial charge in [-0.1, -0.05) is 36.4 Å². The Morgan fingerprint density at radius 1 is 1.05 bits per heavy atom. The monoisotopic (exact) mass is 594 g/mol. The standard InChI is InChI=1S/C31H30N8O3S/c1-2-39-29(42)26(43-30(39)25(18-33)28(41)35-14-13-32)19-36-23-9-6-10-24(17-23)37-27(40)20-38-15-11-31(21-34,12-16-38)22-7-4-3-5-8-22/h3-10,17,19,36H,2,11-12,14-16,20H2,1H3,(H,35,41)(H,37,40). The number of nitrogens with one attached hydrogen (secondary N) is 3. The summed E-state index contributed by atoms with van der Waals surface area (Å²) in [6, 6.07) is 23.0. The second-order valence-corrected chi connectivity index (χ2v) is 10.9. The van der Waals surface area contributed by atoms with E-state index in [9.17, 15) is 24.9 Å². The van der Waals surface area contributed by atoms with Crippen LogP contribution in [-0.4, -0.2) is 47.5 Å². The average molecular weight is 595 g/mol. The fraction of sp³-hybridized carbons (Fsp3) is 0.290. The molecule has 0 aliphatic carbocycles. The Morgan fingerprint density at radius 2 is 1.77 bits per heavy atom. The zero-order valence-electron chi connectivity index (χ0n) is 23.6. The number of rotatable bonds is 9. The summed E-state index contributed by atoms with van der Waals surface area (Å²) >= 11 is 0.992. The molecule has 1 aliphatic rings. The van der Waals surface area contributed by atoms with E-state index in [2.05, 4.69) is 22.0 Å². The van der Waals surface area contributed by atoms with Crippen molar-refractivity contribution in [1.82, 2.24) is 14.8 Å². The third-order valence-corrected chi connectivity index (χ3v) is 8.37. The number of nitriles is 3. The van der Waals surface area contributed by atoms with Crippen molar-refractivity contribution in [1.29, 1.82) is 15.8 Å². The number of benzene rings is 2. The second kappa shape index (κ2) is 14.1. The lowest BCUT2D eigenvalue weighted by atomic mass is 9.74. The fourth-order valence-electron chi connectivity index (χ4n) is 4.95. The summed E-state index contributed by atoms with van der Waals surface area (Å²) in [7, 11) is 0. The van der Waals surface area contributed by atoms with Crippen molar-refractivity contribution in [3.63, 3.8) is 0 Å². The van der Waals surface area contributed by atoms with Gasteiger partial charge >= 0.3 is 0 Å². The van der Waals surface area contributed by atoms with E-state index >= 15 is 0 Å². The first-order valence-corrected chi connectivity index (χ1v) is 14.5. The molecule has 11 nitrogen and oxygen atoms in total. The minimum absolute atomic E-state index is 0.173. The van der Waals surface area contributed by atoms with Gasteiger partial charge in [0, 0.05) is 37.2 Å². The number of hydrogen-bond acceptors (Lipinski definition) is 9. The number of nitrogens with zero attached hydrogens (tertiary/aromatic N) is 5. The maximum Gasteiger partial charge on any atom is 0.270 e. The summed E-state index contributed by atoms with van der Waals surface area (Å²) in [5.41, 5.74) is 1.06. The lowest BCUT2D eigenvalue weighted by Crippen LogP contribution is -2.44. The van der Waals surface area contributed by atoms with Gasteiger partial charge in [-0.2, -0.15) is 15.8 Å². The maximum atomic E-state index is 13.0. The number of piperidine rings is 1. The Kier molecular flexibility index (Phi) is 10.1. The van der Waals surface area contributed by atoms with E-state index in [4.69, 9.17) is 5.26 Å². The van der Waals surface area contributed by atoms with Gasteiger partial charge in [0.15, 0.2) is 5.57 Å². The number of hydrogen-bond donors (Lipinski definition) is 3. The molecular formula is C31H30N8O3S. The van der Waals surface area contributed by atoms with Gasteiger partial charge in [-0.05, 0) is 43.5 Å². The molecule has 0 spiro atoms. The number of thiazole rings is 1. The average Bonchev–Trinajstić information content (AvgIpc) is 3.34. The summed E-state index contributed by atoms with van der Waals surface area (Å²) in [6.45, 7) is 3.19. The van der Waals surface area contributed by atoms with Crippen LogP contribution in [-0.2, 0) is 21.5 Å². The summed E-state index contributed by atoms with van der Waals surface area (Å²) in [5.74, 6) is -0.895. The van der Waals surface area contributed by atoms with Crippen LogP contribution in [0.1, 0.15) is 25.3 Å². The van der Waals surface area contributed by atoms with Crippen LogP contribution >= 0.6 is 11.3 Å². The van der Waals surface area contributed by atoms with Crippen LogP contribution in [0.25, 0.3) is 11.8 Å². The lowest BCUT2D eigenvalue weighted by Gasteiger charge is -2.37. The number of carbonyl (C=O) groups is 2. The molecule has 2 amide bonds. The van der Waals surface area contributed by atoms with Gasteiger partial charge in [-0.15, -0.1) is 11.3 Å². The van der Waals surface area contributed by atoms with E-state index in [1.807, 2.05) is 41.3 Å². The number of anilines is 2. The molecular weight excluding hydrogens is 564 g/mol. The predicted molar refractivity (Wildman–Crippen MR) is 164 cm³/mol. The molecule has 1 aliphatic heterocycles. The number of aromatic nitrogens is 1. The van der Waals surface area contributed by atoms with Crippen molar-refractivity contribution in [3.8, 4) is 18.2 Å². The molecule has 0 saturated carbocycles. The fourth-order valence-corrected chi connectivity index (χ4v) is 6.04. The molecule has 1 saturated heterocycles. The SMILES string of the molecule is CCn1c(=C(C#N)C(=O)NCC#N)sc(=CNc2cccc(NC(=O)CN3CCC(C#N)(c4ccccc4)CC3)c2)c1=O. The van der Waals surface area contributed by atoms with E-state index < -0.39 is 11.3 Å². The minimum atomic E-state index is -0.722. The summed E-state index contributed by atoms with van der Waals surface area (Å²) in [6.07, 6.45) is 2.80. The van der Waals surface area contributed by atoms with Crippen molar-refractivity contribution in [3.05, 3.63) is 79.7 Å². The normalized spacial score (nSPS) is 15.3. The Morgan fingerprint density at radius 3 is 2.42 bits per heavy atom. The highest BCUT2D eigenvalue weighted by Crippen LogP contribution is 2.34. The highest BCUT2D eigenvalue weighted by atomic mass is 32.1. The first-order chi connectivity index (χ1) is 20.8. The van der Waals surface area contributed by atoms with Crippen molar-refractivity contribution < 1.29 is 9.59 Å². The quantitative estimate of drug-likeness (QED) is 0.314. The van der Waals surface area contributed by atoms with Crippen LogP contribution < -0.4 is 30.7 Å². The van der Waals surface area contributed by atoms with E-state index in [1.54, 1.807) is 37.3 Å². The summed E-state index contributed by atoms with van der Waals surface area (Å²) < 4.78 is 1.81. The Hall–Kier alpha value is -5.22. The van der Waals surface area contributed by atoms with E-state index in [0.29, 0.717) is 37.3 Å². The van der Waals surface area contributed by atoms with Crippen molar-refractivity contribution >= 4 is 46.3 Å². The zero-order valence-corrected chi connectivity index (χ0v) is 24.4. The Balaban J connectivity index is 1.42. The number of amides is 2. The predicted octanol–water partition coefficient (Wildman–Crippen LogP) is 1.59. The van der Waals surface area contributed by atoms with Crippen LogP contribution in [0.3, 0.4) is 0 Å². The first-order valence-electron chi connectivity index (χ1n) is 13.7. The molecule has 2 heterocycles. The maximum absolute atomic E-state index is 13.0. The van der Waals surface area contributed by atoms with Crippen LogP contribution in [0.15, 0.2) is 59.4 Å². The van der Waals surface area contributed by atoms with Crippen LogP contribution in [0.2, 0.25) is 0 Å². The molecule has 1 aromatic heterocycles. The van der Waals surface area contributed by atoms with Gasteiger partial charge in [0.05, 0.1) is 24.1 Å². The molecule has 1 fully saturated rings. The van der Waals surface area contributed by atoms with Crippen molar-refractivity contribution in [2.24, 2.45) is 0 Å². The lowest BCUT2D eigenvalue weighted by molar-refractivity contribution is -0.117.